The van der Waals surface area contributed by atoms with E-state index in [-0.39, 0.29) is 23.3 Å². The van der Waals surface area contributed by atoms with Crippen molar-refractivity contribution in [1.82, 2.24) is 15.1 Å². The summed E-state index contributed by atoms with van der Waals surface area (Å²) < 4.78 is 5.42. The van der Waals surface area contributed by atoms with Gasteiger partial charge in [-0.15, -0.1) is 0 Å². The van der Waals surface area contributed by atoms with Crippen LogP contribution in [0.4, 0.5) is 0 Å². The predicted molar refractivity (Wildman–Crippen MR) is 111 cm³/mol. The van der Waals surface area contributed by atoms with Crippen molar-refractivity contribution in [2.45, 2.75) is 59.7 Å². The fraction of sp³-hybridized carbons (Fsp3) is 0.762. The number of amides is 2. The molecule has 0 aromatic rings. The van der Waals surface area contributed by atoms with Gasteiger partial charge in [0.25, 0.3) is 0 Å². The first-order valence-electron chi connectivity index (χ1n) is 10.0. The number of carbonyl (C=O) groups is 3. The van der Waals surface area contributed by atoms with Crippen LogP contribution < -0.4 is 5.32 Å². The third-order valence-electron chi connectivity index (χ3n) is 5.33. The molecule has 8 heteroatoms. The molecule has 2 N–H and O–H groups in total. The molecule has 8 nitrogen and oxygen atoms in total. The summed E-state index contributed by atoms with van der Waals surface area (Å²) in [5, 5.41) is 12.1. The Morgan fingerprint density at radius 2 is 1.86 bits per heavy atom. The molecular weight excluding hydrogens is 374 g/mol. The summed E-state index contributed by atoms with van der Waals surface area (Å²) in [7, 11) is 3.51. The molecule has 1 aliphatic heterocycles. The molecule has 0 aromatic carbocycles. The summed E-state index contributed by atoms with van der Waals surface area (Å²) in [4.78, 5) is 41.0. The van der Waals surface area contributed by atoms with Crippen LogP contribution in [0.2, 0.25) is 0 Å². The van der Waals surface area contributed by atoms with Crippen molar-refractivity contribution in [2.75, 3.05) is 33.9 Å². The van der Waals surface area contributed by atoms with Crippen LogP contribution in [0, 0.1) is 11.3 Å². The Balaban J connectivity index is 3.10. The van der Waals surface area contributed by atoms with Crippen LogP contribution in [0.5, 0.6) is 0 Å². The maximum atomic E-state index is 13.4. The molecule has 0 bridgehead atoms. The Kier molecular flexibility index (Phi) is 8.84. The number of ether oxygens (including phenoxy) is 1. The number of aliphatic carboxylic acids is 1. The number of carbonyl (C=O) groups excluding carboxylic acids is 2. The van der Waals surface area contributed by atoms with Crippen molar-refractivity contribution >= 4 is 17.8 Å². The average Bonchev–Trinajstić information content (AvgIpc) is 2.61. The van der Waals surface area contributed by atoms with Gasteiger partial charge in [0.05, 0.1) is 19.3 Å². The summed E-state index contributed by atoms with van der Waals surface area (Å²) in [6.07, 6.45) is 1.59. The molecule has 1 aliphatic rings. The third-order valence-corrected chi connectivity index (χ3v) is 5.33. The maximum absolute atomic E-state index is 13.4. The molecule has 0 saturated carbocycles. The van der Waals surface area contributed by atoms with Crippen LogP contribution in [0.1, 0.15) is 41.5 Å². The molecule has 2 amide bonds. The lowest BCUT2D eigenvalue weighted by atomic mass is 9.85. The second kappa shape index (κ2) is 10.2. The molecular formula is C21H37N3O5. The first-order chi connectivity index (χ1) is 13.3. The fourth-order valence-electron chi connectivity index (χ4n) is 3.28. The molecule has 1 unspecified atom stereocenters. The summed E-state index contributed by atoms with van der Waals surface area (Å²) in [6.45, 7) is 12.6. The lowest BCUT2D eigenvalue weighted by Gasteiger charge is -2.39. The van der Waals surface area contributed by atoms with Crippen molar-refractivity contribution in [3.63, 3.8) is 0 Å². The molecule has 0 radical (unpaired) electrons. The molecule has 3 atom stereocenters. The molecule has 29 heavy (non-hydrogen) atoms. The lowest BCUT2D eigenvalue weighted by Crippen LogP contribution is -2.60. The van der Waals surface area contributed by atoms with Gasteiger partial charge in [0.2, 0.25) is 11.8 Å². The average molecular weight is 412 g/mol. The predicted octanol–water partition coefficient (Wildman–Crippen LogP) is 1.36. The van der Waals surface area contributed by atoms with Gasteiger partial charge in [0.15, 0.2) is 0 Å². The molecule has 1 heterocycles. The van der Waals surface area contributed by atoms with Crippen molar-refractivity contribution in [2.24, 2.45) is 11.3 Å². The van der Waals surface area contributed by atoms with Gasteiger partial charge in [0.1, 0.15) is 12.1 Å². The SMILES string of the molecule is CC(=C[C@H](C(C)C)N(C)C(=O)[C@@H](NC(=O)C1COCCN1C)C(C)(C)C)C(=O)O. The topological polar surface area (TPSA) is 99.2 Å². The van der Waals surface area contributed by atoms with Crippen LogP contribution >= 0.6 is 0 Å². The molecule has 0 spiro atoms. The van der Waals surface area contributed by atoms with Crippen LogP contribution in [0.15, 0.2) is 11.6 Å². The van der Waals surface area contributed by atoms with E-state index in [0.717, 1.165) is 0 Å². The van der Waals surface area contributed by atoms with Gasteiger partial charge >= 0.3 is 5.97 Å². The Morgan fingerprint density at radius 3 is 2.31 bits per heavy atom. The van der Waals surface area contributed by atoms with E-state index in [1.807, 2.05) is 46.6 Å². The third kappa shape index (κ3) is 6.82. The summed E-state index contributed by atoms with van der Waals surface area (Å²) in [5.41, 5.74) is -0.344. The Bertz CT molecular complexity index is 639. The second-order valence-corrected chi connectivity index (χ2v) is 9.22. The van der Waals surface area contributed by atoms with E-state index in [9.17, 15) is 19.5 Å². The normalized spacial score (nSPS) is 20.9. The van der Waals surface area contributed by atoms with Crippen molar-refractivity contribution < 1.29 is 24.2 Å². The minimum atomic E-state index is -1.02. The molecule has 0 aromatic heterocycles. The van der Waals surface area contributed by atoms with Crippen molar-refractivity contribution in [3.8, 4) is 0 Å². The van der Waals surface area contributed by atoms with Gasteiger partial charge in [-0.1, -0.05) is 40.7 Å². The maximum Gasteiger partial charge on any atom is 0.331 e. The Hall–Kier alpha value is -1.93. The highest BCUT2D eigenvalue weighted by Gasteiger charge is 2.39. The number of nitrogens with zero attached hydrogens (tertiary/aromatic N) is 2. The van der Waals surface area contributed by atoms with Gasteiger partial charge in [-0.3, -0.25) is 14.5 Å². The van der Waals surface area contributed by atoms with Crippen molar-refractivity contribution in [1.29, 1.82) is 0 Å². The zero-order valence-electron chi connectivity index (χ0n) is 19.0. The minimum absolute atomic E-state index is 0.00690. The van der Waals surface area contributed by atoms with E-state index in [4.69, 9.17) is 4.74 Å². The first kappa shape index (κ1) is 25.1. The molecule has 1 saturated heterocycles. The van der Waals surface area contributed by atoms with Gasteiger partial charge in [-0.2, -0.15) is 0 Å². The summed E-state index contributed by atoms with van der Waals surface area (Å²) >= 11 is 0. The highest BCUT2D eigenvalue weighted by Crippen LogP contribution is 2.24. The Labute approximate surface area is 174 Å². The monoisotopic (exact) mass is 411 g/mol. The highest BCUT2D eigenvalue weighted by molar-refractivity contribution is 5.91. The molecule has 166 valence electrons. The molecule has 1 fully saturated rings. The first-order valence-corrected chi connectivity index (χ1v) is 10.0. The number of hydrogen-bond donors (Lipinski definition) is 2. The number of hydrogen-bond acceptors (Lipinski definition) is 5. The largest absolute Gasteiger partial charge is 0.478 e. The van der Waals surface area contributed by atoms with Gasteiger partial charge in [-0.25, -0.2) is 4.79 Å². The van der Waals surface area contributed by atoms with Crippen LogP contribution in [0.3, 0.4) is 0 Å². The summed E-state index contributed by atoms with van der Waals surface area (Å²) in [6, 6.07) is -1.60. The van der Waals surface area contributed by atoms with Crippen LogP contribution in [0.25, 0.3) is 0 Å². The molecule has 0 aliphatic carbocycles. The smallest absolute Gasteiger partial charge is 0.331 e. The number of nitrogens with one attached hydrogen (secondary N) is 1. The van der Waals surface area contributed by atoms with Crippen LogP contribution in [-0.4, -0.2) is 84.7 Å². The zero-order chi connectivity index (χ0) is 22.5. The number of likely N-dealkylation sites (N-methyl/N-ethyl adjacent to an activating group) is 2. The minimum Gasteiger partial charge on any atom is -0.478 e. The number of rotatable bonds is 7. The quantitative estimate of drug-likeness (QED) is 0.614. The fourth-order valence-corrected chi connectivity index (χ4v) is 3.28. The lowest BCUT2D eigenvalue weighted by molar-refractivity contribution is -0.143. The van der Waals surface area contributed by atoms with E-state index in [2.05, 4.69) is 5.32 Å². The number of carboxylic acids is 1. The standard InChI is InChI=1S/C21H37N3O5/c1-13(2)15(11-14(3)20(27)28)24(8)19(26)17(21(4,5)6)22-18(25)16-12-29-10-9-23(16)7/h11,13,15-17H,9-10,12H2,1-8H3,(H,22,25)(H,27,28)/t15-,16?,17-/m1/s1. The van der Waals surface area contributed by atoms with E-state index in [1.165, 1.54) is 11.8 Å². The number of morpholine rings is 1. The van der Waals surface area contributed by atoms with Gasteiger partial charge < -0.3 is 20.1 Å². The highest BCUT2D eigenvalue weighted by atomic mass is 16.5. The Morgan fingerprint density at radius 1 is 1.28 bits per heavy atom. The zero-order valence-corrected chi connectivity index (χ0v) is 19.0. The van der Waals surface area contributed by atoms with Crippen LogP contribution in [-0.2, 0) is 19.1 Å². The van der Waals surface area contributed by atoms with E-state index in [1.54, 1.807) is 13.1 Å². The van der Waals surface area contributed by atoms with E-state index >= 15 is 0 Å². The van der Waals surface area contributed by atoms with E-state index in [0.29, 0.717) is 19.8 Å². The van der Waals surface area contributed by atoms with Gasteiger partial charge in [-0.05, 0) is 25.3 Å². The summed E-state index contributed by atoms with van der Waals surface area (Å²) in [5.74, 6) is -1.50. The number of carboxylic acid groups (broad SMARTS) is 1. The second-order valence-electron chi connectivity index (χ2n) is 9.22. The molecule has 1 rings (SSSR count). The van der Waals surface area contributed by atoms with Gasteiger partial charge in [0, 0.05) is 19.2 Å². The van der Waals surface area contributed by atoms with Crippen molar-refractivity contribution in [3.05, 3.63) is 11.6 Å². The van der Waals surface area contributed by atoms with E-state index < -0.39 is 29.5 Å².